The molecule has 0 aliphatic heterocycles. The Hall–Kier alpha value is -0.940. The quantitative estimate of drug-likeness (QED) is 0.698. The van der Waals surface area contributed by atoms with Crippen molar-refractivity contribution < 1.29 is 9.26 Å². The van der Waals surface area contributed by atoms with E-state index in [-0.39, 0.29) is 6.10 Å². The van der Waals surface area contributed by atoms with E-state index in [4.69, 9.17) is 9.26 Å². The van der Waals surface area contributed by atoms with Gasteiger partial charge in [-0.25, -0.2) is 0 Å². The molecule has 5 heteroatoms. The molecule has 1 N–H and O–H groups in total. The van der Waals surface area contributed by atoms with Gasteiger partial charge in [0, 0.05) is 6.61 Å². The largest absolute Gasteiger partial charge is 0.371 e. The van der Waals surface area contributed by atoms with Crippen LogP contribution in [0.1, 0.15) is 45.0 Å². The van der Waals surface area contributed by atoms with Gasteiger partial charge in [-0.1, -0.05) is 12.1 Å². The molecule has 5 nitrogen and oxygen atoms in total. The maximum Gasteiger partial charge on any atom is 0.240 e. The molecule has 0 bridgehead atoms. The summed E-state index contributed by atoms with van der Waals surface area (Å²) >= 11 is 0. The van der Waals surface area contributed by atoms with E-state index in [1.807, 2.05) is 13.8 Å². The van der Waals surface area contributed by atoms with E-state index in [9.17, 15) is 0 Å². The lowest BCUT2D eigenvalue weighted by Crippen LogP contribution is -2.14. The number of rotatable bonds is 7. The summed E-state index contributed by atoms with van der Waals surface area (Å²) in [7, 11) is 0. The second-order valence-corrected chi connectivity index (χ2v) is 3.32. The van der Waals surface area contributed by atoms with Crippen LogP contribution in [-0.4, -0.2) is 23.3 Å². The molecule has 0 spiro atoms. The maximum atomic E-state index is 5.36. The third-order valence-corrected chi connectivity index (χ3v) is 1.97. The molecule has 86 valence electrons. The fourth-order valence-corrected chi connectivity index (χ4v) is 1.20. The summed E-state index contributed by atoms with van der Waals surface area (Å²) in [5.74, 6) is 1.23. The van der Waals surface area contributed by atoms with Crippen molar-refractivity contribution in [3.8, 4) is 0 Å². The average Bonchev–Trinajstić information content (AvgIpc) is 2.67. The molecule has 1 aromatic rings. The molecule has 0 saturated heterocycles. The number of nitrogens with zero attached hydrogens (tertiary/aromatic N) is 2. The lowest BCUT2D eigenvalue weighted by atomic mass is 10.4. The first-order valence-corrected chi connectivity index (χ1v) is 5.42. The highest BCUT2D eigenvalue weighted by Gasteiger charge is 2.12. The zero-order chi connectivity index (χ0) is 11.1. The predicted octanol–water partition coefficient (Wildman–Crippen LogP) is 1.67. The minimum absolute atomic E-state index is 0.0984. The van der Waals surface area contributed by atoms with Gasteiger partial charge in [0.1, 0.15) is 6.10 Å². The van der Waals surface area contributed by atoms with Gasteiger partial charge in [-0.2, -0.15) is 4.98 Å². The topological polar surface area (TPSA) is 60.2 Å². The summed E-state index contributed by atoms with van der Waals surface area (Å²) in [5.41, 5.74) is 0. The molecular weight excluding hydrogens is 194 g/mol. The van der Waals surface area contributed by atoms with Crippen LogP contribution in [0.3, 0.4) is 0 Å². The third-order valence-electron chi connectivity index (χ3n) is 1.97. The van der Waals surface area contributed by atoms with E-state index in [0.29, 0.717) is 24.9 Å². The molecule has 1 rings (SSSR count). The summed E-state index contributed by atoms with van der Waals surface area (Å²) in [5, 5.41) is 7.06. The third kappa shape index (κ3) is 3.97. The van der Waals surface area contributed by atoms with E-state index >= 15 is 0 Å². The van der Waals surface area contributed by atoms with Gasteiger partial charge in [0.15, 0.2) is 5.82 Å². The Morgan fingerprint density at radius 3 is 2.93 bits per heavy atom. The lowest BCUT2D eigenvalue weighted by molar-refractivity contribution is 0.0683. The summed E-state index contributed by atoms with van der Waals surface area (Å²) in [6, 6.07) is 0. The van der Waals surface area contributed by atoms with Crippen LogP contribution in [-0.2, 0) is 11.3 Å². The summed E-state index contributed by atoms with van der Waals surface area (Å²) in [6.07, 6.45) is 0.995. The highest BCUT2D eigenvalue weighted by molar-refractivity contribution is 4.89. The Balaban J connectivity index is 2.41. The number of nitrogens with one attached hydrogen (secondary N) is 1. The second-order valence-electron chi connectivity index (χ2n) is 3.32. The molecule has 0 fully saturated rings. The van der Waals surface area contributed by atoms with Gasteiger partial charge in [-0.3, -0.25) is 0 Å². The fraction of sp³-hybridized carbons (Fsp3) is 0.800. The normalized spacial score (nSPS) is 13.0. The summed E-state index contributed by atoms with van der Waals surface area (Å²) in [4.78, 5) is 4.24. The molecule has 0 aliphatic carbocycles. The fourth-order valence-electron chi connectivity index (χ4n) is 1.20. The summed E-state index contributed by atoms with van der Waals surface area (Å²) < 4.78 is 10.4. The molecule has 0 aromatic carbocycles. The van der Waals surface area contributed by atoms with Crippen LogP contribution < -0.4 is 5.32 Å². The van der Waals surface area contributed by atoms with Crippen LogP contribution in [0.2, 0.25) is 0 Å². The Labute approximate surface area is 90.2 Å². The van der Waals surface area contributed by atoms with Crippen LogP contribution in [0, 0.1) is 0 Å². The minimum Gasteiger partial charge on any atom is -0.371 e. The monoisotopic (exact) mass is 213 g/mol. The van der Waals surface area contributed by atoms with Crippen molar-refractivity contribution in [2.45, 2.75) is 39.8 Å². The number of aromatic nitrogens is 2. The van der Waals surface area contributed by atoms with Crippen molar-refractivity contribution in [1.29, 1.82) is 0 Å². The first-order chi connectivity index (χ1) is 7.27. The first-order valence-electron chi connectivity index (χ1n) is 5.42. The van der Waals surface area contributed by atoms with Gasteiger partial charge in [0.05, 0.1) is 6.54 Å². The molecule has 1 aromatic heterocycles. The number of hydrogen-bond acceptors (Lipinski definition) is 5. The first kappa shape index (κ1) is 12.1. The highest BCUT2D eigenvalue weighted by atomic mass is 16.5. The number of hydrogen-bond donors (Lipinski definition) is 1. The molecule has 1 atom stereocenters. The molecule has 0 amide bonds. The molecule has 1 unspecified atom stereocenters. The van der Waals surface area contributed by atoms with Crippen molar-refractivity contribution in [2.24, 2.45) is 0 Å². The van der Waals surface area contributed by atoms with Gasteiger partial charge in [-0.05, 0) is 26.8 Å². The van der Waals surface area contributed by atoms with Crippen LogP contribution in [0.15, 0.2) is 4.52 Å². The van der Waals surface area contributed by atoms with Crippen LogP contribution in [0.4, 0.5) is 0 Å². The van der Waals surface area contributed by atoms with Gasteiger partial charge in [-0.15, -0.1) is 0 Å². The van der Waals surface area contributed by atoms with Crippen molar-refractivity contribution in [3.63, 3.8) is 0 Å². The SMILES string of the molecule is CCCNCc1nc(C(C)OCC)no1. The Bertz CT molecular complexity index is 275. The van der Waals surface area contributed by atoms with Gasteiger partial charge in [0.25, 0.3) is 0 Å². The summed E-state index contributed by atoms with van der Waals surface area (Å²) in [6.45, 7) is 8.21. The molecule has 0 aliphatic rings. The Morgan fingerprint density at radius 2 is 2.27 bits per heavy atom. The van der Waals surface area contributed by atoms with Crippen LogP contribution in [0.25, 0.3) is 0 Å². The second kappa shape index (κ2) is 6.53. The Kier molecular flexibility index (Phi) is 5.28. The standard InChI is InChI=1S/C10H19N3O2/c1-4-6-11-7-9-12-10(13-15-9)8(3)14-5-2/h8,11H,4-7H2,1-3H3. The van der Waals surface area contributed by atoms with Crippen molar-refractivity contribution in [3.05, 3.63) is 11.7 Å². The molecule has 0 radical (unpaired) electrons. The molecule has 0 saturated carbocycles. The van der Waals surface area contributed by atoms with Crippen molar-refractivity contribution >= 4 is 0 Å². The average molecular weight is 213 g/mol. The lowest BCUT2D eigenvalue weighted by Gasteiger charge is -2.04. The molecule has 1 heterocycles. The van der Waals surface area contributed by atoms with Gasteiger partial charge >= 0.3 is 0 Å². The van der Waals surface area contributed by atoms with Gasteiger partial charge < -0.3 is 14.6 Å². The van der Waals surface area contributed by atoms with E-state index in [1.54, 1.807) is 0 Å². The Morgan fingerprint density at radius 1 is 1.47 bits per heavy atom. The smallest absolute Gasteiger partial charge is 0.240 e. The van der Waals surface area contributed by atoms with Crippen molar-refractivity contribution in [1.82, 2.24) is 15.5 Å². The molecular formula is C10H19N3O2. The van der Waals surface area contributed by atoms with Crippen LogP contribution in [0.5, 0.6) is 0 Å². The minimum atomic E-state index is -0.0984. The zero-order valence-corrected chi connectivity index (χ0v) is 9.62. The number of ether oxygens (including phenoxy) is 1. The maximum absolute atomic E-state index is 5.36. The van der Waals surface area contributed by atoms with E-state index in [0.717, 1.165) is 13.0 Å². The van der Waals surface area contributed by atoms with E-state index in [1.165, 1.54) is 0 Å². The zero-order valence-electron chi connectivity index (χ0n) is 9.62. The van der Waals surface area contributed by atoms with E-state index in [2.05, 4.69) is 22.4 Å². The predicted molar refractivity (Wildman–Crippen MR) is 56.3 cm³/mol. The van der Waals surface area contributed by atoms with E-state index < -0.39 is 0 Å². The molecule has 15 heavy (non-hydrogen) atoms. The van der Waals surface area contributed by atoms with Crippen molar-refractivity contribution in [2.75, 3.05) is 13.2 Å². The van der Waals surface area contributed by atoms with Gasteiger partial charge in [0.2, 0.25) is 5.89 Å². The highest BCUT2D eigenvalue weighted by Crippen LogP contribution is 2.12. The van der Waals surface area contributed by atoms with Crippen LogP contribution >= 0.6 is 0 Å².